The van der Waals surface area contributed by atoms with Crippen molar-refractivity contribution in [1.82, 2.24) is 4.98 Å². The highest BCUT2D eigenvalue weighted by molar-refractivity contribution is 9.10. The van der Waals surface area contributed by atoms with Crippen LogP contribution in [0, 0.1) is 5.82 Å². The first-order valence-electron chi connectivity index (χ1n) is 5.44. The summed E-state index contributed by atoms with van der Waals surface area (Å²) in [6.45, 7) is 0. The van der Waals surface area contributed by atoms with E-state index in [-0.39, 0.29) is 11.4 Å². The number of pyridine rings is 1. The molecule has 0 unspecified atom stereocenters. The number of nitrogens with one attached hydrogen (secondary N) is 1. The van der Waals surface area contributed by atoms with E-state index in [1.54, 1.807) is 6.07 Å². The highest BCUT2D eigenvalue weighted by atomic mass is 79.9. The maximum Gasteiger partial charge on any atom is 0.340 e. The molecular weight excluding hydrogens is 331 g/mol. The van der Waals surface area contributed by atoms with Crippen molar-refractivity contribution in [2.45, 2.75) is 0 Å². The lowest BCUT2D eigenvalue weighted by Gasteiger charge is -2.08. The first-order valence-corrected chi connectivity index (χ1v) is 6.23. The normalized spacial score (nSPS) is 10.1. The molecule has 0 aliphatic heterocycles. The van der Waals surface area contributed by atoms with Gasteiger partial charge in [0.2, 0.25) is 0 Å². The minimum atomic E-state index is -1.46. The molecule has 0 radical (unpaired) electrons. The van der Waals surface area contributed by atoms with Gasteiger partial charge < -0.3 is 10.4 Å². The van der Waals surface area contributed by atoms with Gasteiger partial charge in [0.15, 0.2) is 0 Å². The van der Waals surface area contributed by atoms with Crippen molar-refractivity contribution in [2.75, 3.05) is 5.32 Å². The van der Waals surface area contributed by atoms with Crippen molar-refractivity contribution < 1.29 is 19.1 Å². The van der Waals surface area contributed by atoms with Crippen molar-refractivity contribution in [3.63, 3.8) is 0 Å². The van der Waals surface area contributed by atoms with Crippen molar-refractivity contribution in [3.05, 3.63) is 58.1 Å². The first kappa shape index (κ1) is 14.1. The van der Waals surface area contributed by atoms with Gasteiger partial charge in [-0.05, 0) is 40.2 Å². The van der Waals surface area contributed by atoms with Gasteiger partial charge in [0.05, 0.1) is 5.69 Å². The molecule has 102 valence electrons. The molecular formula is C13H8BrFN2O3. The summed E-state index contributed by atoms with van der Waals surface area (Å²) in [4.78, 5) is 26.8. The van der Waals surface area contributed by atoms with Gasteiger partial charge in [-0.1, -0.05) is 6.07 Å². The molecule has 0 fully saturated rings. The number of halogens is 2. The number of rotatable bonds is 3. The Bertz CT molecular complexity index is 674. The van der Waals surface area contributed by atoms with Gasteiger partial charge in [0.25, 0.3) is 5.91 Å². The molecule has 1 aromatic heterocycles. The van der Waals surface area contributed by atoms with E-state index in [0.717, 1.165) is 6.07 Å². The summed E-state index contributed by atoms with van der Waals surface area (Å²) in [5, 5.41) is 11.3. The first-order chi connectivity index (χ1) is 9.49. The maximum atomic E-state index is 13.5. The molecule has 20 heavy (non-hydrogen) atoms. The van der Waals surface area contributed by atoms with Crippen LogP contribution in [0.15, 0.2) is 41.0 Å². The van der Waals surface area contributed by atoms with E-state index < -0.39 is 23.3 Å². The molecule has 1 heterocycles. The second-order valence-corrected chi connectivity index (χ2v) is 4.70. The van der Waals surface area contributed by atoms with E-state index in [9.17, 15) is 14.0 Å². The zero-order valence-corrected chi connectivity index (χ0v) is 11.5. The molecule has 7 heteroatoms. The van der Waals surface area contributed by atoms with E-state index in [2.05, 4.69) is 26.2 Å². The van der Waals surface area contributed by atoms with Gasteiger partial charge in [-0.15, -0.1) is 0 Å². The number of carboxylic acid groups (broad SMARTS) is 1. The van der Waals surface area contributed by atoms with Crippen LogP contribution in [0.5, 0.6) is 0 Å². The zero-order chi connectivity index (χ0) is 14.7. The zero-order valence-electron chi connectivity index (χ0n) is 9.93. The second kappa shape index (κ2) is 5.79. The number of nitrogens with zero attached hydrogens (tertiary/aromatic N) is 1. The van der Waals surface area contributed by atoms with Gasteiger partial charge in [-0.25, -0.2) is 14.2 Å². The third-order valence-electron chi connectivity index (χ3n) is 2.44. The van der Waals surface area contributed by atoms with Gasteiger partial charge >= 0.3 is 5.97 Å². The SMILES string of the molecule is O=C(Nc1cccc(F)c1C(=O)O)c1ccc(Br)cn1. The minimum absolute atomic E-state index is 0.0915. The Kier molecular flexibility index (Phi) is 4.09. The smallest absolute Gasteiger partial charge is 0.340 e. The summed E-state index contributed by atoms with van der Waals surface area (Å²) in [7, 11) is 0. The van der Waals surface area contributed by atoms with E-state index in [0.29, 0.717) is 4.47 Å². The Morgan fingerprint density at radius 3 is 2.60 bits per heavy atom. The Labute approximate surface area is 121 Å². The number of carbonyl (C=O) groups excluding carboxylic acids is 1. The average molecular weight is 339 g/mol. The topological polar surface area (TPSA) is 79.3 Å². The van der Waals surface area contributed by atoms with E-state index >= 15 is 0 Å². The molecule has 2 rings (SSSR count). The number of carbonyl (C=O) groups is 2. The molecule has 2 N–H and O–H groups in total. The summed E-state index contributed by atoms with van der Waals surface area (Å²) >= 11 is 3.18. The summed E-state index contributed by atoms with van der Waals surface area (Å²) in [5.74, 6) is -2.99. The summed E-state index contributed by atoms with van der Waals surface area (Å²) in [6.07, 6.45) is 1.43. The molecule has 2 aromatic rings. The van der Waals surface area contributed by atoms with E-state index in [1.807, 2.05) is 0 Å². The lowest BCUT2D eigenvalue weighted by atomic mass is 10.1. The van der Waals surface area contributed by atoms with Gasteiger partial charge in [-0.2, -0.15) is 0 Å². The van der Waals surface area contributed by atoms with Crippen molar-refractivity contribution in [1.29, 1.82) is 0 Å². The molecule has 1 amide bonds. The number of hydrogen-bond donors (Lipinski definition) is 2. The number of carboxylic acids is 1. The van der Waals surface area contributed by atoms with Crippen LogP contribution < -0.4 is 5.32 Å². The minimum Gasteiger partial charge on any atom is -0.478 e. The molecule has 0 bridgehead atoms. The maximum absolute atomic E-state index is 13.5. The van der Waals surface area contributed by atoms with Crippen LogP contribution in [0.1, 0.15) is 20.8 Å². The lowest BCUT2D eigenvalue weighted by Crippen LogP contribution is -2.16. The number of benzene rings is 1. The number of amides is 1. The summed E-state index contributed by atoms with van der Waals surface area (Å²) in [5.41, 5.74) is -0.612. The fraction of sp³-hybridized carbons (Fsp3) is 0. The molecule has 0 saturated carbocycles. The number of aromatic carboxylic acids is 1. The number of hydrogen-bond acceptors (Lipinski definition) is 3. The lowest BCUT2D eigenvalue weighted by molar-refractivity contribution is 0.0693. The van der Waals surface area contributed by atoms with Crippen LogP contribution in [0.25, 0.3) is 0 Å². The van der Waals surface area contributed by atoms with Crippen LogP contribution in [0.3, 0.4) is 0 Å². The summed E-state index contributed by atoms with van der Waals surface area (Å²) < 4.78 is 14.2. The number of aromatic nitrogens is 1. The Morgan fingerprint density at radius 1 is 1.25 bits per heavy atom. The molecule has 0 spiro atoms. The Hall–Kier alpha value is -2.28. The Balaban J connectivity index is 2.30. The predicted molar refractivity (Wildman–Crippen MR) is 73.2 cm³/mol. The fourth-order valence-electron chi connectivity index (χ4n) is 1.54. The molecule has 0 aliphatic rings. The monoisotopic (exact) mass is 338 g/mol. The molecule has 5 nitrogen and oxygen atoms in total. The number of anilines is 1. The standard InChI is InChI=1S/C13H8BrFN2O3/c14-7-4-5-10(16-6-7)12(18)17-9-3-1-2-8(15)11(9)13(19)20/h1-6H,(H,17,18)(H,19,20). The quantitative estimate of drug-likeness (QED) is 0.901. The average Bonchev–Trinajstić information content (AvgIpc) is 2.39. The Morgan fingerprint density at radius 2 is 2.00 bits per heavy atom. The van der Waals surface area contributed by atoms with Crippen LogP contribution in [0.4, 0.5) is 10.1 Å². The molecule has 0 saturated heterocycles. The third kappa shape index (κ3) is 3.00. The van der Waals surface area contributed by atoms with Gasteiger partial charge in [0.1, 0.15) is 17.1 Å². The highest BCUT2D eigenvalue weighted by Crippen LogP contribution is 2.19. The van der Waals surface area contributed by atoms with Crippen molar-refractivity contribution >= 4 is 33.5 Å². The van der Waals surface area contributed by atoms with Crippen LogP contribution in [-0.2, 0) is 0 Å². The largest absolute Gasteiger partial charge is 0.478 e. The fourth-order valence-corrected chi connectivity index (χ4v) is 1.78. The predicted octanol–water partition coefficient (Wildman–Crippen LogP) is 2.93. The van der Waals surface area contributed by atoms with Crippen LogP contribution in [0.2, 0.25) is 0 Å². The second-order valence-electron chi connectivity index (χ2n) is 3.78. The van der Waals surface area contributed by atoms with Crippen molar-refractivity contribution in [3.8, 4) is 0 Å². The highest BCUT2D eigenvalue weighted by Gasteiger charge is 2.18. The van der Waals surface area contributed by atoms with Crippen molar-refractivity contribution in [2.24, 2.45) is 0 Å². The van der Waals surface area contributed by atoms with Crippen LogP contribution in [-0.4, -0.2) is 22.0 Å². The summed E-state index contributed by atoms with van der Waals surface area (Å²) in [6, 6.07) is 6.71. The van der Waals surface area contributed by atoms with Gasteiger partial charge in [0, 0.05) is 10.7 Å². The van der Waals surface area contributed by atoms with Gasteiger partial charge in [-0.3, -0.25) is 4.79 Å². The van der Waals surface area contributed by atoms with E-state index in [1.165, 1.54) is 24.4 Å². The molecule has 1 aromatic carbocycles. The van der Waals surface area contributed by atoms with Crippen LogP contribution >= 0.6 is 15.9 Å². The van der Waals surface area contributed by atoms with E-state index in [4.69, 9.17) is 5.11 Å². The molecule has 0 atom stereocenters. The molecule has 0 aliphatic carbocycles. The third-order valence-corrected chi connectivity index (χ3v) is 2.90.